The van der Waals surface area contributed by atoms with E-state index in [4.69, 9.17) is 9.47 Å². The van der Waals surface area contributed by atoms with Crippen LogP contribution in [-0.2, 0) is 4.79 Å². The van der Waals surface area contributed by atoms with E-state index in [1.807, 2.05) is 12.1 Å². The molecule has 0 saturated carbocycles. The molecule has 148 valence electrons. The third-order valence-electron chi connectivity index (χ3n) is 4.59. The zero-order chi connectivity index (χ0) is 20.4. The number of methoxy groups -OCH3 is 2. The van der Waals surface area contributed by atoms with E-state index < -0.39 is 6.04 Å². The van der Waals surface area contributed by atoms with Gasteiger partial charge in [0.15, 0.2) is 11.5 Å². The van der Waals surface area contributed by atoms with Gasteiger partial charge >= 0.3 is 0 Å². The normalized spacial score (nSPS) is 15.3. The molecule has 4 rings (SSSR count). The Hall–Kier alpha value is -3.95. The first-order valence-electron chi connectivity index (χ1n) is 8.83. The van der Waals surface area contributed by atoms with Crippen molar-refractivity contribution in [2.45, 2.75) is 13.0 Å². The number of para-hydroxylation sites is 1. The second kappa shape index (κ2) is 7.58. The first-order chi connectivity index (χ1) is 14.1. The molecule has 29 heavy (non-hydrogen) atoms. The van der Waals surface area contributed by atoms with E-state index >= 15 is 0 Å². The molecule has 0 radical (unpaired) electrons. The van der Waals surface area contributed by atoms with Crippen LogP contribution in [0.5, 0.6) is 11.5 Å². The van der Waals surface area contributed by atoms with Crippen molar-refractivity contribution >= 4 is 17.7 Å². The molecule has 0 unspecified atom stereocenters. The average molecular weight is 393 g/mol. The van der Waals surface area contributed by atoms with Crippen LogP contribution in [0.4, 0.5) is 11.8 Å². The van der Waals surface area contributed by atoms with Crippen molar-refractivity contribution < 1.29 is 14.3 Å². The largest absolute Gasteiger partial charge is 0.493 e. The highest BCUT2D eigenvalue weighted by Crippen LogP contribution is 2.42. The molecule has 1 aliphatic rings. The van der Waals surface area contributed by atoms with Crippen LogP contribution in [0.3, 0.4) is 0 Å². The van der Waals surface area contributed by atoms with Crippen molar-refractivity contribution in [1.29, 1.82) is 0 Å². The summed E-state index contributed by atoms with van der Waals surface area (Å²) in [4.78, 5) is 17.4. The smallest absolute Gasteiger partial charge is 0.257 e. The van der Waals surface area contributed by atoms with Crippen LogP contribution >= 0.6 is 0 Å². The number of ether oxygens (including phenoxy) is 2. The molecule has 0 fully saturated rings. The van der Waals surface area contributed by atoms with E-state index in [0.29, 0.717) is 40.1 Å². The molecular formula is C19H19N7O3. The number of pyridine rings is 1. The molecule has 10 heteroatoms. The minimum atomic E-state index is -0.630. The van der Waals surface area contributed by atoms with Gasteiger partial charge in [0.1, 0.15) is 11.9 Å². The predicted octanol–water partition coefficient (Wildman–Crippen LogP) is 2.01. The molecule has 0 bridgehead atoms. The van der Waals surface area contributed by atoms with Crippen LogP contribution in [0.2, 0.25) is 0 Å². The summed E-state index contributed by atoms with van der Waals surface area (Å²) in [5.74, 6) is 1.58. The van der Waals surface area contributed by atoms with E-state index in [9.17, 15) is 4.79 Å². The predicted molar refractivity (Wildman–Crippen MR) is 105 cm³/mol. The van der Waals surface area contributed by atoms with E-state index in [0.717, 1.165) is 0 Å². The van der Waals surface area contributed by atoms with E-state index in [-0.39, 0.29) is 5.91 Å². The van der Waals surface area contributed by atoms with E-state index in [2.05, 4.69) is 31.1 Å². The summed E-state index contributed by atoms with van der Waals surface area (Å²) < 4.78 is 12.6. The van der Waals surface area contributed by atoms with E-state index in [1.165, 1.54) is 4.68 Å². The molecule has 1 atom stereocenters. The average Bonchev–Trinajstić information content (AvgIpc) is 3.20. The molecular weight excluding hydrogens is 374 g/mol. The van der Waals surface area contributed by atoms with Gasteiger partial charge in [-0.1, -0.05) is 23.3 Å². The molecule has 1 aliphatic heterocycles. The summed E-state index contributed by atoms with van der Waals surface area (Å²) >= 11 is 0. The number of nitrogens with zero attached hydrogens (tertiary/aromatic N) is 5. The van der Waals surface area contributed by atoms with Gasteiger partial charge in [0, 0.05) is 17.5 Å². The van der Waals surface area contributed by atoms with Gasteiger partial charge in [0.25, 0.3) is 5.91 Å². The fourth-order valence-electron chi connectivity index (χ4n) is 3.34. The van der Waals surface area contributed by atoms with Crippen molar-refractivity contribution in [3.63, 3.8) is 0 Å². The summed E-state index contributed by atoms with van der Waals surface area (Å²) in [7, 11) is 3.11. The summed E-state index contributed by atoms with van der Waals surface area (Å²) in [6, 6.07) is 10.1. The first-order valence-corrected chi connectivity index (χ1v) is 8.83. The Balaban J connectivity index is 1.84. The Kier molecular flexibility index (Phi) is 4.82. The van der Waals surface area contributed by atoms with Crippen LogP contribution in [-0.4, -0.2) is 45.3 Å². The van der Waals surface area contributed by atoms with Gasteiger partial charge in [-0.15, -0.1) is 0 Å². The molecule has 2 aromatic heterocycles. The van der Waals surface area contributed by atoms with Gasteiger partial charge in [0.2, 0.25) is 5.95 Å². The molecule has 3 heterocycles. The number of rotatable bonds is 5. The van der Waals surface area contributed by atoms with Gasteiger partial charge in [0.05, 0.1) is 19.8 Å². The summed E-state index contributed by atoms with van der Waals surface area (Å²) in [5, 5.41) is 17.7. The number of tetrazole rings is 1. The topological polar surface area (TPSA) is 116 Å². The van der Waals surface area contributed by atoms with Crippen LogP contribution in [0.25, 0.3) is 0 Å². The Bertz CT molecular complexity index is 1080. The summed E-state index contributed by atoms with van der Waals surface area (Å²) in [6.45, 7) is 1.80. The van der Waals surface area contributed by atoms with Crippen molar-refractivity contribution in [3.05, 3.63) is 59.4 Å². The molecule has 1 amide bonds. The van der Waals surface area contributed by atoms with Crippen molar-refractivity contribution in [2.75, 3.05) is 24.9 Å². The van der Waals surface area contributed by atoms with Crippen LogP contribution < -0.4 is 20.1 Å². The highest BCUT2D eigenvalue weighted by Gasteiger charge is 2.36. The standard InChI is InChI=1S/C19H19N7O3/c1-11-15(18(27)22-14-9-4-5-10-20-14)16(26-19(21-11)23-24-25-26)12-7-6-8-13(28-2)17(12)29-3/h4-10,16H,1-3H3,(H,20,22,27)(H,21,23,25)/t16-/m1/s1. The monoisotopic (exact) mass is 393 g/mol. The lowest BCUT2D eigenvalue weighted by Crippen LogP contribution is -2.32. The molecule has 2 N–H and O–H groups in total. The molecule has 0 aliphatic carbocycles. The minimum absolute atomic E-state index is 0.329. The number of amides is 1. The highest BCUT2D eigenvalue weighted by molar-refractivity contribution is 6.05. The fourth-order valence-corrected chi connectivity index (χ4v) is 3.34. The lowest BCUT2D eigenvalue weighted by atomic mass is 9.94. The summed E-state index contributed by atoms with van der Waals surface area (Å²) in [5.41, 5.74) is 1.74. The maximum atomic E-state index is 13.2. The zero-order valence-corrected chi connectivity index (χ0v) is 16.1. The second-order valence-corrected chi connectivity index (χ2v) is 6.27. The third-order valence-corrected chi connectivity index (χ3v) is 4.59. The zero-order valence-electron chi connectivity index (χ0n) is 16.1. The Labute approximate surface area is 166 Å². The number of nitrogens with one attached hydrogen (secondary N) is 2. The minimum Gasteiger partial charge on any atom is -0.493 e. The third kappa shape index (κ3) is 3.24. The maximum absolute atomic E-state index is 13.2. The molecule has 10 nitrogen and oxygen atoms in total. The van der Waals surface area contributed by atoms with Crippen LogP contribution in [0.15, 0.2) is 53.9 Å². The highest BCUT2D eigenvalue weighted by atomic mass is 16.5. The number of aromatic nitrogens is 5. The molecule has 0 spiro atoms. The molecule has 3 aromatic rings. The van der Waals surface area contributed by atoms with Gasteiger partial charge in [-0.3, -0.25) is 4.79 Å². The van der Waals surface area contributed by atoms with E-state index in [1.54, 1.807) is 51.6 Å². The Morgan fingerprint density at radius 1 is 1.17 bits per heavy atom. The number of carbonyl (C=O) groups is 1. The number of fused-ring (bicyclic) bond motifs is 1. The van der Waals surface area contributed by atoms with Crippen molar-refractivity contribution in [2.24, 2.45) is 0 Å². The molecule has 1 aromatic carbocycles. The van der Waals surface area contributed by atoms with Gasteiger partial charge in [-0.25, -0.2) is 4.98 Å². The number of hydrogen-bond acceptors (Lipinski definition) is 8. The second-order valence-electron chi connectivity index (χ2n) is 6.27. The fraction of sp³-hybridized carbons (Fsp3) is 0.211. The molecule has 0 saturated heterocycles. The van der Waals surface area contributed by atoms with Gasteiger partial charge in [-0.05, 0) is 35.5 Å². The lowest BCUT2D eigenvalue weighted by molar-refractivity contribution is -0.113. The number of allylic oxidation sites excluding steroid dienone is 1. The SMILES string of the molecule is COc1cccc([C@@H]2C(C(=O)Nc3ccccn3)=C(C)Nc3nnnn32)c1OC. The Morgan fingerprint density at radius 3 is 2.76 bits per heavy atom. The number of hydrogen-bond donors (Lipinski definition) is 2. The maximum Gasteiger partial charge on any atom is 0.257 e. The van der Waals surface area contributed by atoms with Gasteiger partial charge in [-0.2, -0.15) is 4.68 Å². The lowest BCUT2D eigenvalue weighted by Gasteiger charge is -2.29. The van der Waals surface area contributed by atoms with Crippen LogP contribution in [0, 0.1) is 0 Å². The Morgan fingerprint density at radius 2 is 2.03 bits per heavy atom. The van der Waals surface area contributed by atoms with Gasteiger partial charge < -0.3 is 20.1 Å². The number of benzene rings is 1. The summed E-state index contributed by atoms with van der Waals surface area (Å²) in [6.07, 6.45) is 1.61. The van der Waals surface area contributed by atoms with Crippen LogP contribution in [0.1, 0.15) is 18.5 Å². The number of carbonyl (C=O) groups excluding carboxylic acids is 1. The first kappa shape index (κ1) is 18.4. The number of anilines is 2. The quantitative estimate of drug-likeness (QED) is 0.676. The van der Waals surface area contributed by atoms with Crippen molar-refractivity contribution in [1.82, 2.24) is 25.2 Å². The van der Waals surface area contributed by atoms with Crippen molar-refractivity contribution in [3.8, 4) is 11.5 Å².